The van der Waals surface area contributed by atoms with Crippen LogP contribution >= 0.6 is 11.6 Å². The van der Waals surface area contributed by atoms with Gasteiger partial charge in [0.1, 0.15) is 5.69 Å². The monoisotopic (exact) mass is 243 g/mol. The molecule has 0 unspecified atom stereocenters. The van der Waals surface area contributed by atoms with Gasteiger partial charge in [0.25, 0.3) is 5.69 Å². The number of anilines is 1. The maximum Gasteiger partial charge on any atom is 0.292 e. The summed E-state index contributed by atoms with van der Waals surface area (Å²) < 4.78 is 0. The Bertz CT molecular complexity index is 422. The molecule has 1 amide bonds. The van der Waals surface area contributed by atoms with Gasteiger partial charge in [-0.3, -0.25) is 14.9 Å². The van der Waals surface area contributed by atoms with E-state index in [1.54, 1.807) is 0 Å². The number of benzene rings is 1. The lowest BCUT2D eigenvalue weighted by Gasteiger charge is -2.05. The molecule has 0 bridgehead atoms. The molecule has 0 spiro atoms. The summed E-state index contributed by atoms with van der Waals surface area (Å²) in [6.07, 6.45) is 0.101. The number of halogens is 1. The van der Waals surface area contributed by atoms with Gasteiger partial charge in [0, 0.05) is 24.1 Å². The molecule has 3 N–H and O–H groups in total. The van der Waals surface area contributed by atoms with Crippen LogP contribution in [0.15, 0.2) is 18.2 Å². The fourth-order valence-corrected chi connectivity index (χ4v) is 1.30. The lowest BCUT2D eigenvalue weighted by Crippen LogP contribution is -2.16. The van der Waals surface area contributed by atoms with Crippen LogP contribution in [-0.4, -0.2) is 17.4 Å². The molecule has 7 heteroatoms. The van der Waals surface area contributed by atoms with E-state index in [2.05, 4.69) is 5.32 Å². The zero-order chi connectivity index (χ0) is 12.1. The molecule has 1 rings (SSSR count). The molecule has 1 aromatic carbocycles. The minimum absolute atomic E-state index is 0.0890. The summed E-state index contributed by atoms with van der Waals surface area (Å²) >= 11 is 5.71. The van der Waals surface area contributed by atoms with Crippen LogP contribution in [0.4, 0.5) is 11.4 Å². The molecule has 16 heavy (non-hydrogen) atoms. The number of carbonyl (C=O) groups is 1. The van der Waals surface area contributed by atoms with Crippen LogP contribution in [0.3, 0.4) is 0 Å². The molecule has 0 aliphatic rings. The number of nitro groups is 1. The van der Waals surface area contributed by atoms with Gasteiger partial charge < -0.3 is 11.1 Å². The minimum Gasteiger partial charge on any atom is -0.379 e. The van der Waals surface area contributed by atoms with E-state index >= 15 is 0 Å². The number of nitrogens with zero attached hydrogens (tertiary/aromatic N) is 1. The summed E-state index contributed by atoms with van der Waals surface area (Å²) in [7, 11) is 0. The molecule has 0 radical (unpaired) electrons. The molecule has 0 aliphatic heterocycles. The first-order valence-electron chi connectivity index (χ1n) is 4.47. The molecule has 86 valence electrons. The van der Waals surface area contributed by atoms with Crippen LogP contribution in [0.5, 0.6) is 0 Å². The van der Waals surface area contributed by atoms with E-state index in [1.165, 1.54) is 18.2 Å². The highest BCUT2D eigenvalue weighted by molar-refractivity contribution is 6.31. The van der Waals surface area contributed by atoms with Gasteiger partial charge in [0.2, 0.25) is 5.91 Å². The van der Waals surface area contributed by atoms with Gasteiger partial charge in [-0.05, 0) is 12.1 Å². The van der Waals surface area contributed by atoms with E-state index in [0.29, 0.717) is 5.02 Å². The fourth-order valence-electron chi connectivity index (χ4n) is 1.13. The van der Waals surface area contributed by atoms with Gasteiger partial charge in [-0.15, -0.1) is 0 Å². The van der Waals surface area contributed by atoms with Gasteiger partial charge in [-0.1, -0.05) is 11.6 Å². The minimum atomic E-state index is -0.525. The van der Waals surface area contributed by atoms with Crippen molar-refractivity contribution < 1.29 is 9.72 Å². The number of hydrogen-bond acceptors (Lipinski definition) is 4. The Hall–Kier alpha value is -1.82. The summed E-state index contributed by atoms with van der Waals surface area (Å²) in [4.78, 5) is 20.6. The van der Waals surface area contributed by atoms with Crippen molar-refractivity contribution >= 4 is 28.9 Å². The molecular weight excluding hydrogens is 234 g/mol. The van der Waals surface area contributed by atoms with Crippen LogP contribution in [0.1, 0.15) is 6.42 Å². The standard InChI is InChI=1S/C9H10ClN3O3/c10-6-1-2-8(13(15)16)7(5-6)12-4-3-9(11)14/h1-2,5,12H,3-4H2,(H2,11,14). The number of primary amides is 1. The lowest BCUT2D eigenvalue weighted by atomic mass is 10.2. The van der Waals surface area contributed by atoms with Crippen LogP contribution in [0.2, 0.25) is 5.02 Å². The Morgan fingerprint density at radius 2 is 2.25 bits per heavy atom. The Labute approximate surface area is 96.5 Å². The lowest BCUT2D eigenvalue weighted by molar-refractivity contribution is -0.384. The van der Waals surface area contributed by atoms with Gasteiger partial charge in [-0.25, -0.2) is 0 Å². The first-order valence-corrected chi connectivity index (χ1v) is 4.84. The Morgan fingerprint density at radius 3 is 2.81 bits per heavy atom. The normalized spacial score (nSPS) is 9.81. The number of nitrogens with two attached hydrogens (primary N) is 1. The molecule has 0 saturated heterocycles. The van der Waals surface area contributed by atoms with E-state index in [4.69, 9.17) is 17.3 Å². The first kappa shape index (κ1) is 12.3. The van der Waals surface area contributed by atoms with Crippen LogP contribution < -0.4 is 11.1 Å². The molecule has 1 aromatic rings. The van der Waals surface area contributed by atoms with E-state index in [0.717, 1.165) is 0 Å². The highest BCUT2D eigenvalue weighted by Crippen LogP contribution is 2.27. The number of carbonyl (C=O) groups excluding carboxylic acids is 1. The summed E-state index contributed by atoms with van der Waals surface area (Å²) in [6.45, 7) is 0.233. The molecule has 0 aliphatic carbocycles. The van der Waals surface area contributed by atoms with Crippen molar-refractivity contribution in [3.63, 3.8) is 0 Å². The van der Waals surface area contributed by atoms with E-state index < -0.39 is 10.8 Å². The van der Waals surface area contributed by atoms with Crippen LogP contribution in [0, 0.1) is 10.1 Å². The predicted octanol–water partition coefficient (Wildman–Crippen LogP) is 1.54. The predicted molar refractivity (Wildman–Crippen MR) is 60.4 cm³/mol. The zero-order valence-electron chi connectivity index (χ0n) is 8.27. The third-order valence-electron chi connectivity index (χ3n) is 1.84. The number of rotatable bonds is 5. The van der Waals surface area contributed by atoms with Crippen molar-refractivity contribution in [3.8, 4) is 0 Å². The summed E-state index contributed by atoms with van der Waals surface area (Å²) in [5.74, 6) is -0.475. The summed E-state index contributed by atoms with van der Waals surface area (Å²) in [5.41, 5.74) is 5.13. The quantitative estimate of drug-likeness (QED) is 0.605. The van der Waals surface area contributed by atoms with Crippen molar-refractivity contribution in [3.05, 3.63) is 33.3 Å². The van der Waals surface area contributed by atoms with Gasteiger partial charge in [-0.2, -0.15) is 0 Å². The topological polar surface area (TPSA) is 98.3 Å². The van der Waals surface area contributed by atoms with Gasteiger partial charge >= 0.3 is 0 Å². The molecule has 0 fully saturated rings. The molecule has 0 atom stereocenters. The number of nitro benzene ring substituents is 1. The fraction of sp³-hybridized carbons (Fsp3) is 0.222. The Kier molecular flexibility index (Phi) is 4.07. The average molecular weight is 244 g/mol. The number of amides is 1. The van der Waals surface area contributed by atoms with E-state index in [1.807, 2.05) is 0 Å². The first-order chi connectivity index (χ1) is 7.50. The van der Waals surface area contributed by atoms with Crippen LogP contribution in [0.25, 0.3) is 0 Å². The van der Waals surface area contributed by atoms with Crippen LogP contribution in [-0.2, 0) is 4.79 Å². The van der Waals surface area contributed by atoms with Gasteiger partial charge in [0.05, 0.1) is 4.92 Å². The third kappa shape index (κ3) is 3.39. The SMILES string of the molecule is NC(=O)CCNc1cc(Cl)ccc1[N+](=O)[O-]. The molecule has 0 saturated carbocycles. The molecule has 0 heterocycles. The Morgan fingerprint density at radius 1 is 1.56 bits per heavy atom. The second kappa shape index (κ2) is 5.32. The molecule has 6 nitrogen and oxygen atoms in total. The molecular formula is C9H10ClN3O3. The van der Waals surface area contributed by atoms with Crippen molar-refractivity contribution in [2.75, 3.05) is 11.9 Å². The average Bonchev–Trinajstić information content (AvgIpc) is 2.16. The van der Waals surface area contributed by atoms with Crippen molar-refractivity contribution in [1.29, 1.82) is 0 Å². The summed E-state index contributed by atoms with van der Waals surface area (Å²) in [6, 6.07) is 4.16. The highest BCUT2D eigenvalue weighted by Gasteiger charge is 2.13. The maximum absolute atomic E-state index is 10.7. The number of hydrogen-bond donors (Lipinski definition) is 2. The number of nitrogens with one attached hydrogen (secondary N) is 1. The molecule has 0 aromatic heterocycles. The van der Waals surface area contributed by atoms with E-state index in [9.17, 15) is 14.9 Å². The largest absolute Gasteiger partial charge is 0.379 e. The van der Waals surface area contributed by atoms with E-state index in [-0.39, 0.29) is 24.3 Å². The maximum atomic E-state index is 10.7. The zero-order valence-corrected chi connectivity index (χ0v) is 9.03. The Balaban J connectivity index is 2.80. The van der Waals surface area contributed by atoms with Crippen molar-refractivity contribution in [1.82, 2.24) is 0 Å². The van der Waals surface area contributed by atoms with Crippen molar-refractivity contribution in [2.24, 2.45) is 5.73 Å². The smallest absolute Gasteiger partial charge is 0.292 e. The highest BCUT2D eigenvalue weighted by atomic mass is 35.5. The van der Waals surface area contributed by atoms with Crippen molar-refractivity contribution in [2.45, 2.75) is 6.42 Å². The third-order valence-corrected chi connectivity index (χ3v) is 2.08. The second-order valence-corrected chi connectivity index (χ2v) is 3.50. The summed E-state index contributed by atoms with van der Waals surface area (Å²) in [5, 5.41) is 13.8. The second-order valence-electron chi connectivity index (χ2n) is 3.06. The van der Waals surface area contributed by atoms with Gasteiger partial charge in [0.15, 0.2) is 0 Å².